The molecule has 0 atom stereocenters. The van der Waals surface area contributed by atoms with Gasteiger partial charge in [0.25, 0.3) is 0 Å². The van der Waals surface area contributed by atoms with E-state index in [1.165, 1.54) is 4.91 Å². The number of allylic oxidation sites excluding steroid dienone is 3. The number of fused-ring (bicyclic) bond motifs is 1. The van der Waals surface area contributed by atoms with Crippen LogP contribution in [0.15, 0.2) is 52.0 Å². The molecule has 0 aromatic heterocycles. The summed E-state index contributed by atoms with van der Waals surface area (Å²) in [5, 5.41) is 0. The van der Waals surface area contributed by atoms with Crippen molar-refractivity contribution in [3.05, 3.63) is 52.6 Å². The highest BCUT2D eigenvalue weighted by molar-refractivity contribution is 8.03. The summed E-state index contributed by atoms with van der Waals surface area (Å²) in [6.07, 6.45) is 6.00. The first-order chi connectivity index (χ1) is 8.38. The maximum absolute atomic E-state index is 11.0. The zero-order valence-electron chi connectivity index (χ0n) is 9.10. The van der Waals surface area contributed by atoms with Gasteiger partial charge in [-0.25, -0.2) is 4.79 Å². The second-order valence-corrected chi connectivity index (χ2v) is 5.00. The van der Waals surface area contributed by atoms with Crippen molar-refractivity contribution in [3.63, 3.8) is 0 Å². The van der Waals surface area contributed by atoms with E-state index in [4.69, 9.17) is 4.74 Å². The quantitative estimate of drug-likeness (QED) is 0.651. The number of hydrogen-bond acceptors (Lipinski definition) is 3. The van der Waals surface area contributed by atoms with E-state index in [0.717, 1.165) is 29.1 Å². The molecule has 0 amide bonds. The van der Waals surface area contributed by atoms with Gasteiger partial charge < -0.3 is 4.74 Å². The van der Waals surface area contributed by atoms with Crippen LogP contribution in [0.2, 0.25) is 0 Å². The molecule has 0 bridgehead atoms. The number of ether oxygens (including phenoxy) is 1. The molecule has 0 N–H and O–H groups in total. The Balaban J connectivity index is 2.16. The van der Waals surface area contributed by atoms with Crippen molar-refractivity contribution >= 4 is 23.5 Å². The molecule has 1 aromatic rings. The van der Waals surface area contributed by atoms with Gasteiger partial charge in [-0.05, 0) is 31.1 Å². The lowest BCUT2D eigenvalue weighted by atomic mass is 10.1. The Morgan fingerprint density at radius 2 is 2.18 bits per heavy atom. The molecule has 3 heteroatoms. The van der Waals surface area contributed by atoms with Gasteiger partial charge in [-0.15, -0.1) is 0 Å². The molecule has 0 fully saturated rings. The lowest BCUT2D eigenvalue weighted by Gasteiger charge is -2.11. The second kappa shape index (κ2) is 4.28. The van der Waals surface area contributed by atoms with Gasteiger partial charge in [-0.3, -0.25) is 0 Å². The first kappa shape index (κ1) is 10.5. The molecule has 84 valence electrons. The van der Waals surface area contributed by atoms with Crippen LogP contribution >= 0.6 is 11.8 Å². The summed E-state index contributed by atoms with van der Waals surface area (Å²) in [4.78, 5) is 13.3. The maximum atomic E-state index is 11.0. The first-order valence-electron chi connectivity index (χ1n) is 5.48. The van der Waals surface area contributed by atoms with E-state index >= 15 is 0 Å². The minimum Gasteiger partial charge on any atom is -0.444 e. The predicted octanol–water partition coefficient (Wildman–Crippen LogP) is 3.54. The van der Waals surface area contributed by atoms with Crippen molar-refractivity contribution in [2.75, 3.05) is 0 Å². The molecule has 0 spiro atoms. The van der Waals surface area contributed by atoms with Crippen LogP contribution in [0.4, 0.5) is 0 Å². The number of benzene rings is 1. The van der Waals surface area contributed by atoms with E-state index in [1.807, 2.05) is 36.3 Å². The van der Waals surface area contributed by atoms with Crippen LogP contribution in [0.25, 0.3) is 5.76 Å². The molecule has 1 heterocycles. The van der Waals surface area contributed by atoms with Crippen molar-refractivity contribution in [3.8, 4) is 0 Å². The average Bonchev–Trinajstić information content (AvgIpc) is 2.54. The summed E-state index contributed by atoms with van der Waals surface area (Å²) in [7, 11) is 0. The topological polar surface area (TPSA) is 26.3 Å². The Bertz CT molecular complexity index is 578. The van der Waals surface area contributed by atoms with Crippen LogP contribution in [-0.4, -0.2) is 5.94 Å². The van der Waals surface area contributed by atoms with Crippen LogP contribution < -0.4 is 0 Å². The molecule has 1 aromatic carbocycles. The standard InChI is InChI=1S/C14H10O2S/c15-9-12-10-5-1-3-7-13(10)17-14-8-4-2-6-11(14)16-12/h1-3,5-7H,4,8H2. The van der Waals surface area contributed by atoms with E-state index in [0.29, 0.717) is 0 Å². The Morgan fingerprint density at radius 3 is 3.06 bits per heavy atom. The third-order valence-corrected chi connectivity index (χ3v) is 3.98. The average molecular weight is 242 g/mol. The van der Waals surface area contributed by atoms with Crippen molar-refractivity contribution in [2.45, 2.75) is 17.7 Å². The Hall–Kier alpha value is -1.70. The lowest BCUT2D eigenvalue weighted by molar-refractivity contribution is 0.395. The minimum absolute atomic E-state index is 0.282. The van der Waals surface area contributed by atoms with Gasteiger partial charge in [-0.1, -0.05) is 30.0 Å². The van der Waals surface area contributed by atoms with E-state index < -0.39 is 0 Å². The monoisotopic (exact) mass is 242 g/mol. The SMILES string of the molecule is O=C=C1OC2=C(CCC=C2)Sc2ccccc21. The van der Waals surface area contributed by atoms with Gasteiger partial charge in [0.15, 0.2) is 5.94 Å². The highest BCUT2D eigenvalue weighted by Gasteiger charge is 2.21. The number of hydrogen-bond donors (Lipinski definition) is 0. The molecule has 2 aliphatic rings. The van der Waals surface area contributed by atoms with Crippen LogP contribution in [0.5, 0.6) is 0 Å². The number of carbonyl (C=O) groups excluding carboxylic acids is 1. The van der Waals surface area contributed by atoms with Gasteiger partial charge >= 0.3 is 0 Å². The Morgan fingerprint density at radius 1 is 1.29 bits per heavy atom. The van der Waals surface area contributed by atoms with Crippen LogP contribution in [0.3, 0.4) is 0 Å². The molecular formula is C14H10O2S. The predicted molar refractivity (Wildman–Crippen MR) is 67.9 cm³/mol. The lowest BCUT2D eigenvalue weighted by Crippen LogP contribution is -1.95. The number of thioether (sulfide) groups is 1. The van der Waals surface area contributed by atoms with E-state index in [1.54, 1.807) is 11.8 Å². The Labute approximate surface area is 104 Å². The van der Waals surface area contributed by atoms with Crippen LogP contribution in [-0.2, 0) is 9.53 Å². The van der Waals surface area contributed by atoms with E-state index in [2.05, 4.69) is 6.08 Å². The van der Waals surface area contributed by atoms with Crippen molar-refractivity contribution in [1.29, 1.82) is 0 Å². The van der Waals surface area contributed by atoms with Gasteiger partial charge in [0.05, 0.1) is 0 Å². The van der Waals surface area contributed by atoms with Crippen molar-refractivity contribution < 1.29 is 9.53 Å². The summed E-state index contributed by atoms with van der Waals surface area (Å²) in [6.45, 7) is 0. The fourth-order valence-electron chi connectivity index (χ4n) is 1.93. The first-order valence-corrected chi connectivity index (χ1v) is 6.30. The second-order valence-electron chi connectivity index (χ2n) is 3.86. The third-order valence-electron chi connectivity index (χ3n) is 2.75. The van der Waals surface area contributed by atoms with Crippen LogP contribution in [0.1, 0.15) is 18.4 Å². The molecule has 2 nitrogen and oxygen atoms in total. The highest BCUT2D eigenvalue weighted by Crippen LogP contribution is 2.42. The minimum atomic E-state index is 0.282. The zero-order chi connectivity index (χ0) is 11.7. The molecule has 17 heavy (non-hydrogen) atoms. The molecule has 3 rings (SSSR count). The van der Waals surface area contributed by atoms with Crippen molar-refractivity contribution in [1.82, 2.24) is 0 Å². The molecule has 0 unspecified atom stereocenters. The summed E-state index contributed by atoms with van der Waals surface area (Å²) >= 11 is 1.68. The molecule has 1 aliphatic carbocycles. The summed E-state index contributed by atoms with van der Waals surface area (Å²) < 4.78 is 5.66. The van der Waals surface area contributed by atoms with Crippen LogP contribution in [0, 0.1) is 0 Å². The maximum Gasteiger partial charge on any atom is 0.218 e. The van der Waals surface area contributed by atoms with Crippen molar-refractivity contribution in [2.24, 2.45) is 0 Å². The molecule has 1 aliphatic heterocycles. The van der Waals surface area contributed by atoms with Gasteiger partial charge in [0.2, 0.25) is 5.76 Å². The molecule has 0 saturated heterocycles. The molecular weight excluding hydrogens is 232 g/mol. The number of rotatable bonds is 0. The third kappa shape index (κ3) is 1.84. The van der Waals surface area contributed by atoms with Gasteiger partial charge in [-0.2, -0.15) is 0 Å². The molecule has 0 saturated carbocycles. The normalized spacial score (nSPS) is 17.8. The largest absolute Gasteiger partial charge is 0.444 e. The fraction of sp³-hybridized carbons (Fsp3) is 0.143. The summed E-state index contributed by atoms with van der Waals surface area (Å²) in [5.41, 5.74) is 0.829. The Kier molecular flexibility index (Phi) is 2.63. The van der Waals surface area contributed by atoms with E-state index in [-0.39, 0.29) is 5.76 Å². The summed E-state index contributed by atoms with van der Waals surface area (Å²) in [5.74, 6) is 2.97. The smallest absolute Gasteiger partial charge is 0.218 e. The van der Waals surface area contributed by atoms with E-state index in [9.17, 15) is 4.79 Å². The zero-order valence-corrected chi connectivity index (χ0v) is 9.92. The van der Waals surface area contributed by atoms with Gasteiger partial charge in [0, 0.05) is 15.4 Å². The molecule has 0 radical (unpaired) electrons. The summed E-state index contributed by atoms with van der Waals surface area (Å²) in [6, 6.07) is 7.78. The highest BCUT2D eigenvalue weighted by atomic mass is 32.2. The fourth-order valence-corrected chi connectivity index (χ4v) is 3.04. The van der Waals surface area contributed by atoms with Gasteiger partial charge in [0.1, 0.15) is 5.76 Å².